The molecule has 0 fully saturated rings. The SMILES string of the molecule is COc1cc(C(F)(F)F)ccc1[C@@H](N)CN.Cl. The third kappa shape index (κ3) is 3.76. The number of methoxy groups -OCH3 is 1. The number of ether oxygens (including phenoxy) is 1. The number of nitrogens with two attached hydrogens (primary N) is 2. The first kappa shape index (κ1) is 16.0. The van der Waals surface area contributed by atoms with Crippen molar-refractivity contribution < 1.29 is 17.9 Å². The van der Waals surface area contributed by atoms with Crippen LogP contribution in [0.2, 0.25) is 0 Å². The molecule has 0 aromatic heterocycles. The predicted octanol–water partition coefficient (Wildman–Crippen LogP) is 2.09. The summed E-state index contributed by atoms with van der Waals surface area (Å²) in [7, 11) is 1.29. The Kier molecular flexibility index (Phi) is 5.74. The van der Waals surface area contributed by atoms with E-state index in [0.29, 0.717) is 5.56 Å². The van der Waals surface area contributed by atoms with Crippen LogP contribution in [0.4, 0.5) is 13.2 Å². The molecule has 0 heterocycles. The lowest BCUT2D eigenvalue weighted by Crippen LogP contribution is -2.21. The van der Waals surface area contributed by atoms with Crippen LogP contribution in [0, 0.1) is 0 Å². The average molecular weight is 271 g/mol. The largest absolute Gasteiger partial charge is 0.496 e. The zero-order valence-electron chi connectivity index (χ0n) is 9.12. The summed E-state index contributed by atoms with van der Waals surface area (Å²) in [5.41, 5.74) is 10.7. The zero-order chi connectivity index (χ0) is 12.3. The highest BCUT2D eigenvalue weighted by Crippen LogP contribution is 2.34. The van der Waals surface area contributed by atoms with Crippen molar-refractivity contribution >= 4 is 12.4 Å². The molecule has 1 rings (SSSR count). The molecule has 0 aliphatic rings. The molecule has 0 amide bonds. The minimum Gasteiger partial charge on any atom is -0.496 e. The first-order valence-electron chi connectivity index (χ1n) is 4.61. The van der Waals surface area contributed by atoms with Gasteiger partial charge in [-0.05, 0) is 12.1 Å². The third-order valence-electron chi connectivity index (χ3n) is 2.21. The normalized spacial score (nSPS) is 12.8. The van der Waals surface area contributed by atoms with E-state index < -0.39 is 17.8 Å². The maximum absolute atomic E-state index is 12.4. The van der Waals surface area contributed by atoms with Crippen LogP contribution in [0.1, 0.15) is 17.2 Å². The van der Waals surface area contributed by atoms with Gasteiger partial charge in [0.25, 0.3) is 0 Å². The molecule has 4 N–H and O–H groups in total. The highest BCUT2D eigenvalue weighted by molar-refractivity contribution is 5.85. The van der Waals surface area contributed by atoms with Crippen molar-refractivity contribution in [3.8, 4) is 5.75 Å². The van der Waals surface area contributed by atoms with E-state index >= 15 is 0 Å². The van der Waals surface area contributed by atoms with Gasteiger partial charge >= 0.3 is 6.18 Å². The third-order valence-corrected chi connectivity index (χ3v) is 2.21. The Hall–Kier alpha value is -0.980. The number of hydrogen-bond donors (Lipinski definition) is 2. The van der Waals surface area contributed by atoms with E-state index in [-0.39, 0.29) is 24.7 Å². The average Bonchev–Trinajstić information content (AvgIpc) is 2.26. The molecular formula is C10H14ClF3N2O. The zero-order valence-corrected chi connectivity index (χ0v) is 9.94. The van der Waals surface area contributed by atoms with Gasteiger partial charge in [-0.3, -0.25) is 0 Å². The second-order valence-electron chi connectivity index (χ2n) is 3.30. The molecule has 1 aromatic rings. The van der Waals surface area contributed by atoms with E-state index in [1.807, 2.05) is 0 Å². The molecule has 7 heteroatoms. The highest BCUT2D eigenvalue weighted by Gasteiger charge is 2.31. The van der Waals surface area contributed by atoms with Gasteiger partial charge < -0.3 is 16.2 Å². The first-order chi connectivity index (χ1) is 7.40. The van der Waals surface area contributed by atoms with Gasteiger partial charge in [0.15, 0.2) is 0 Å². The van der Waals surface area contributed by atoms with Crippen LogP contribution >= 0.6 is 12.4 Å². The van der Waals surface area contributed by atoms with Gasteiger partial charge in [0.1, 0.15) is 5.75 Å². The molecule has 0 aliphatic carbocycles. The van der Waals surface area contributed by atoms with E-state index in [0.717, 1.165) is 12.1 Å². The molecule has 0 saturated carbocycles. The van der Waals surface area contributed by atoms with E-state index in [9.17, 15) is 13.2 Å². The van der Waals surface area contributed by atoms with Gasteiger partial charge in [0.05, 0.1) is 12.7 Å². The first-order valence-corrected chi connectivity index (χ1v) is 4.61. The van der Waals surface area contributed by atoms with E-state index in [4.69, 9.17) is 16.2 Å². The van der Waals surface area contributed by atoms with Gasteiger partial charge in [0.2, 0.25) is 0 Å². The molecule has 1 atom stereocenters. The van der Waals surface area contributed by atoms with Gasteiger partial charge in [-0.25, -0.2) is 0 Å². The summed E-state index contributed by atoms with van der Waals surface area (Å²) in [6, 6.07) is 2.65. The van der Waals surface area contributed by atoms with Gasteiger partial charge in [-0.2, -0.15) is 13.2 Å². The highest BCUT2D eigenvalue weighted by atomic mass is 35.5. The van der Waals surface area contributed by atoms with Crippen molar-refractivity contribution in [2.45, 2.75) is 12.2 Å². The maximum Gasteiger partial charge on any atom is 0.416 e. The van der Waals surface area contributed by atoms with E-state index in [2.05, 4.69) is 0 Å². The monoisotopic (exact) mass is 270 g/mol. The van der Waals surface area contributed by atoms with Gasteiger partial charge in [-0.15, -0.1) is 12.4 Å². The fraction of sp³-hybridized carbons (Fsp3) is 0.400. The summed E-state index contributed by atoms with van der Waals surface area (Å²) < 4.78 is 42.1. The van der Waals surface area contributed by atoms with Crippen molar-refractivity contribution in [1.82, 2.24) is 0 Å². The summed E-state index contributed by atoms with van der Waals surface area (Å²) in [6.07, 6.45) is -4.39. The van der Waals surface area contributed by atoms with E-state index in [1.165, 1.54) is 13.2 Å². The Labute approximate surface area is 103 Å². The topological polar surface area (TPSA) is 61.3 Å². The van der Waals surface area contributed by atoms with Crippen molar-refractivity contribution in [2.24, 2.45) is 11.5 Å². The lowest BCUT2D eigenvalue weighted by molar-refractivity contribution is -0.137. The molecule has 98 valence electrons. The second-order valence-corrected chi connectivity index (χ2v) is 3.30. The van der Waals surface area contributed by atoms with Crippen LogP contribution < -0.4 is 16.2 Å². The number of rotatable bonds is 3. The molecule has 0 aliphatic heterocycles. The van der Waals surface area contributed by atoms with Crippen LogP contribution in [-0.2, 0) is 6.18 Å². The number of alkyl halides is 3. The fourth-order valence-corrected chi connectivity index (χ4v) is 1.32. The molecule has 17 heavy (non-hydrogen) atoms. The van der Waals surface area contributed by atoms with Crippen LogP contribution in [0.25, 0.3) is 0 Å². The van der Waals surface area contributed by atoms with Gasteiger partial charge in [-0.1, -0.05) is 6.07 Å². The quantitative estimate of drug-likeness (QED) is 0.884. The fourth-order valence-electron chi connectivity index (χ4n) is 1.32. The van der Waals surface area contributed by atoms with Crippen LogP contribution in [-0.4, -0.2) is 13.7 Å². The molecule has 1 aromatic carbocycles. The van der Waals surface area contributed by atoms with Crippen LogP contribution in [0.15, 0.2) is 18.2 Å². The summed E-state index contributed by atoms with van der Waals surface area (Å²) in [5.74, 6) is 0.104. The molecule has 0 radical (unpaired) electrons. The summed E-state index contributed by atoms with van der Waals surface area (Å²) >= 11 is 0. The molecular weight excluding hydrogens is 257 g/mol. The Morgan fingerprint density at radius 1 is 1.35 bits per heavy atom. The second kappa shape index (κ2) is 6.09. The minimum atomic E-state index is -4.39. The number of benzene rings is 1. The van der Waals surface area contributed by atoms with Crippen molar-refractivity contribution in [2.75, 3.05) is 13.7 Å². The van der Waals surface area contributed by atoms with E-state index in [1.54, 1.807) is 0 Å². The summed E-state index contributed by atoms with van der Waals surface area (Å²) in [5, 5.41) is 0. The van der Waals surface area contributed by atoms with Crippen molar-refractivity contribution in [1.29, 1.82) is 0 Å². The Bertz CT molecular complexity index is 371. The molecule has 0 bridgehead atoms. The number of hydrogen-bond acceptors (Lipinski definition) is 3. The van der Waals surface area contributed by atoms with Crippen LogP contribution in [0.3, 0.4) is 0 Å². The summed E-state index contributed by atoms with van der Waals surface area (Å²) in [4.78, 5) is 0. The van der Waals surface area contributed by atoms with Gasteiger partial charge in [0, 0.05) is 18.2 Å². The lowest BCUT2D eigenvalue weighted by atomic mass is 10.0. The standard InChI is InChI=1S/C10H13F3N2O.ClH/c1-16-9-4-6(10(11,12)13)2-3-7(9)8(15)5-14;/h2-4,8H,5,14-15H2,1H3;1H/t8-;/m0./s1. The smallest absolute Gasteiger partial charge is 0.416 e. The Morgan fingerprint density at radius 3 is 2.35 bits per heavy atom. The Morgan fingerprint density at radius 2 is 1.94 bits per heavy atom. The number of halogens is 4. The lowest BCUT2D eigenvalue weighted by Gasteiger charge is -2.16. The molecule has 0 unspecified atom stereocenters. The Balaban J connectivity index is 0.00000256. The molecule has 0 spiro atoms. The predicted molar refractivity (Wildman–Crippen MR) is 61.2 cm³/mol. The summed E-state index contributed by atoms with van der Waals surface area (Å²) in [6.45, 7) is 0.141. The van der Waals surface area contributed by atoms with Crippen molar-refractivity contribution in [3.63, 3.8) is 0 Å². The minimum absolute atomic E-state index is 0. The van der Waals surface area contributed by atoms with Crippen molar-refractivity contribution in [3.05, 3.63) is 29.3 Å². The molecule has 3 nitrogen and oxygen atoms in total. The van der Waals surface area contributed by atoms with Crippen LogP contribution in [0.5, 0.6) is 5.75 Å². The molecule has 0 saturated heterocycles. The maximum atomic E-state index is 12.4.